The van der Waals surface area contributed by atoms with Crippen LogP contribution in [0.4, 0.5) is 10.5 Å². The standard InChI is InChI=1S/C23H19BrN2O4/c24-16-7-9-17(10-8-16)26-21(27)19-15-6-11-18(20(19)22(26)28)25(12-15)23(29)30-13-14-4-2-1-3-5-14/h1-11,15,18-20H,12-13H2/t15-,18-,19-,20+/m0/s1. The van der Waals surface area contributed by atoms with E-state index >= 15 is 0 Å². The van der Waals surface area contributed by atoms with Crippen molar-refractivity contribution in [3.63, 3.8) is 0 Å². The molecule has 2 aromatic carbocycles. The summed E-state index contributed by atoms with van der Waals surface area (Å²) in [5, 5.41) is 0. The fourth-order valence-electron chi connectivity index (χ4n) is 4.68. The molecular weight excluding hydrogens is 448 g/mol. The van der Waals surface area contributed by atoms with Crippen LogP contribution in [-0.4, -0.2) is 35.4 Å². The Bertz CT molecular complexity index is 1040. The highest BCUT2D eigenvalue weighted by molar-refractivity contribution is 9.10. The van der Waals surface area contributed by atoms with Crippen LogP contribution in [-0.2, 0) is 20.9 Å². The lowest BCUT2D eigenvalue weighted by Gasteiger charge is -2.45. The summed E-state index contributed by atoms with van der Waals surface area (Å²) >= 11 is 3.37. The SMILES string of the molecule is O=C1[C@@H]2[C@H](C(=O)N1c1ccc(Br)cc1)[C@@H]1C=C[C@H]2CN1C(=O)OCc1ccccc1. The van der Waals surface area contributed by atoms with Crippen LogP contribution in [0.25, 0.3) is 0 Å². The Labute approximate surface area is 182 Å². The summed E-state index contributed by atoms with van der Waals surface area (Å²) < 4.78 is 6.37. The van der Waals surface area contributed by atoms with Crippen molar-refractivity contribution in [1.29, 1.82) is 0 Å². The van der Waals surface area contributed by atoms with Gasteiger partial charge in [0.25, 0.3) is 0 Å². The number of fused-ring (bicyclic) bond motifs is 1. The quantitative estimate of drug-likeness (QED) is 0.510. The zero-order chi connectivity index (χ0) is 20.8. The number of carbonyl (C=O) groups is 3. The molecule has 2 fully saturated rings. The maximum absolute atomic E-state index is 13.3. The average Bonchev–Trinajstić information content (AvgIpc) is 3.06. The molecule has 0 aromatic heterocycles. The van der Waals surface area contributed by atoms with Gasteiger partial charge in [-0.05, 0) is 29.8 Å². The Morgan fingerprint density at radius 3 is 2.40 bits per heavy atom. The van der Waals surface area contributed by atoms with Crippen molar-refractivity contribution < 1.29 is 19.1 Å². The number of ether oxygens (including phenoxy) is 1. The van der Waals surface area contributed by atoms with Gasteiger partial charge < -0.3 is 9.64 Å². The van der Waals surface area contributed by atoms with Gasteiger partial charge in [-0.1, -0.05) is 58.4 Å². The predicted octanol–water partition coefficient (Wildman–Crippen LogP) is 3.76. The number of nitrogens with zero attached hydrogens (tertiary/aromatic N) is 2. The lowest BCUT2D eigenvalue weighted by molar-refractivity contribution is -0.126. The first kappa shape index (κ1) is 19.1. The van der Waals surface area contributed by atoms with Crippen LogP contribution in [0.2, 0.25) is 0 Å². The minimum absolute atomic E-state index is 0.170. The predicted molar refractivity (Wildman–Crippen MR) is 113 cm³/mol. The van der Waals surface area contributed by atoms with Crippen LogP contribution in [0.5, 0.6) is 0 Å². The van der Waals surface area contributed by atoms with Gasteiger partial charge >= 0.3 is 6.09 Å². The fourth-order valence-corrected chi connectivity index (χ4v) is 4.95. The molecule has 0 N–H and O–H groups in total. The van der Waals surface area contributed by atoms with Crippen molar-refractivity contribution in [2.45, 2.75) is 12.6 Å². The van der Waals surface area contributed by atoms with E-state index < -0.39 is 24.0 Å². The third kappa shape index (κ3) is 3.04. The van der Waals surface area contributed by atoms with Crippen molar-refractivity contribution in [1.82, 2.24) is 4.90 Å². The second-order valence-electron chi connectivity index (χ2n) is 7.77. The number of imide groups is 1. The molecule has 6 rings (SSSR count). The Balaban J connectivity index is 1.37. The summed E-state index contributed by atoms with van der Waals surface area (Å²) in [6, 6.07) is 16.1. The van der Waals surface area contributed by atoms with Gasteiger partial charge in [-0.25, -0.2) is 9.69 Å². The highest BCUT2D eigenvalue weighted by Gasteiger charge is 2.60. The summed E-state index contributed by atoms with van der Waals surface area (Å²) in [6.45, 7) is 0.548. The van der Waals surface area contributed by atoms with E-state index in [2.05, 4.69) is 15.9 Å². The number of piperidine rings is 1. The first-order chi connectivity index (χ1) is 14.5. The Hall–Kier alpha value is -2.93. The highest BCUT2D eigenvalue weighted by atomic mass is 79.9. The summed E-state index contributed by atoms with van der Waals surface area (Å²) in [6.07, 6.45) is 3.37. The number of carbonyl (C=O) groups excluding carboxylic acids is 3. The molecule has 152 valence electrons. The normalized spacial score (nSPS) is 26.8. The Morgan fingerprint density at radius 1 is 0.967 bits per heavy atom. The third-order valence-corrected chi connectivity index (χ3v) is 6.60. The van der Waals surface area contributed by atoms with Gasteiger partial charge in [0.1, 0.15) is 6.61 Å². The summed E-state index contributed by atoms with van der Waals surface area (Å²) in [4.78, 5) is 42.0. The number of hydrogen-bond acceptors (Lipinski definition) is 4. The first-order valence-electron chi connectivity index (χ1n) is 9.83. The van der Waals surface area contributed by atoms with Crippen molar-refractivity contribution in [2.24, 2.45) is 17.8 Å². The lowest BCUT2D eigenvalue weighted by Crippen LogP contribution is -2.58. The molecule has 4 aliphatic rings. The molecule has 30 heavy (non-hydrogen) atoms. The summed E-state index contributed by atoms with van der Waals surface area (Å²) in [5.74, 6) is -1.65. The van der Waals surface area contributed by atoms with Crippen molar-refractivity contribution in [2.75, 3.05) is 11.4 Å². The number of halogens is 1. The molecule has 2 saturated heterocycles. The van der Waals surface area contributed by atoms with Gasteiger partial charge in [0.2, 0.25) is 11.8 Å². The molecule has 1 aliphatic carbocycles. The van der Waals surface area contributed by atoms with E-state index in [1.165, 1.54) is 4.90 Å². The molecular formula is C23H19BrN2O4. The minimum Gasteiger partial charge on any atom is -0.445 e. The van der Waals surface area contributed by atoms with Gasteiger partial charge in [-0.3, -0.25) is 9.59 Å². The fraction of sp³-hybridized carbons (Fsp3) is 0.261. The molecule has 0 radical (unpaired) electrons. The number of benzene rings is 2. The zero-order valence-electron chi connectivity index (χ0n) is 16.0. The van der Waals surface area contributed by atoms with E-state index in [1.54, 1.807) is 29.2 Å². The maximum atomic E-state index is 13.3. The molecule has 2 aromatic rings. The van der Waals surface area contributed by atoms with E-state index in [1.807, 2.05) is 42.5 Å². The van der Waals surface area contributed by atoms with Crippen LogP contribution < -0.4 is 4.90 Å². The lowest BCUT2D eigenvalue weighted by atomic mass is 9.70. The van der Waals surface area contributed by atoms with E-state index in [9.17, 15) is 14.4 Å². The molecule has 7 heteroatoms. The van der Waals surface area contributed by atoms with E-state index in [0.29, 0.717) is 12.2 Å². The Morgan fingerprint density at radius 2 is 1.67 bits per heavy atom. The molecule has 0 spiro atoms. The first-order valence-corrected chi connectivity index (χ1v) is 10.6. The highest BCUT2D eigenvalue weighted by Crippen LogP contribution is 2.46. The van der Waals surface area contributed by atoms with Gasteiger partial charge in [0, 0.05) is 16.9 Å². The average molecular weight is 467 g/mol. The van der Waals surface area contributed by atoms with E-state index in [0.717, 1.165) is 10.0 Å². The van der Waals surface area contributed by atoms with Crippen LogP contribution in [0.15, 0.2) is 71.2 Å². The van der Waals surface area contributed by atoms with Crippen molar-refractivity contribution in [3.8, 4) is 0 Å². The molecule has 3 heterocycles. The van der Waals surface area contributed by atoms with Crippen molar-refractivity contribution >= 4 is 39.5 Å². The largest absolute Gasteiger partial charge is 0.445 e. The summed E-state index contributed by atoms with van der Waals surface area (Å²) in [5.41, 5.74) is 1.45. The molecule has 4 atom stereocenters. The summed E-state index contributed by atoms with van der Waals surface area (Å²) in [7, 11) is 0. The van der Waals surface area contributed by atoms with Crippen LogP contribution >= 0.6 is 15.9 Å². The topological polar surface area (TPSA) is 66.9 Å². The monoisotopic (exact) mass is 466 g/mol. The number of anilines is 1. The molecule has 2 bridgehead atoms. The van der Waals surface area contributed by atoms with E-state index in [-0.39, 0.29) is 24.3 Å². The van der Waals surface area contributed by atoms with Gasteiger partial charge in [-0.2, -0.15) is 0 Å². The van der Waals surface area contributed by atoms with Gasteiger partial charge in [0.15, 0.2) is 0 Å². The number of amides is 3. The smallest absolute Gasteiger partial charge is 0.410 e. The molecule has 3 aliphatic heterocycles. The van der Waals surface area contributed by atoms with Gasteiger partial charge in [0.05, 0.1) is 23.6 Å². The van der Waals surface area contributed by atoms with Gasteiger partial charge in [-0.15, -0.1) is 0 Å². The minimum atomic E-state index is -0.575. The molecule has 0 unspecified atom stereocenters. The Kier molecular flexibility index (Phi) is 4.70. The number of rotatable bonds is 3. The van der Waals surface area contributed by atoms with Crippen LogP contribution in [0, 0.1) is 17.8 Å². The second kappa shape index (κ2) is 7.40. The zero-order valence-corrected chi connectivity index (χ0v) is 17.6. The van der Waals surface area contributed by atoms with E-state index in [4.69, 9.17) is 4.74 Å². The third-order valence-electron chi connectivity index (χ3n) is 6.07. The molecule has 3 amide bonds. The van der Waals surface area contributed by atoms with Crippen LogP contribution in [0.3, 0.4) is 0 Å². The van der Waals surface area contributed by atoms with Crippen LogP contribution in [0.1, 0.15) is 5.56 Å². The second-order valence-corrected chi connectivity index (χ2v) is 8.69. The molecule has 6 nitrogen and oxygen atoms in total. The van der Waals surface area contributed by atoms with Crippen molar-refractivity contribution in [3.05, 3.63) is 76.8 Å². The maximum Gasteiger partial charge on any atom is 0.410 e. The molecule has 0 saturated carbocycles. The number of hydrogen-bond donors (Lipinski definition) is 0.